The molecule has 0 radical (unpaired) electrons. The van der Waals surface area contributed by atoms with Crippen molar-refractivity contribution in [2.75, 3.05) is 5.32 Å². The first-order valence-electron chi connectivity index (χ1n) is 12.1. The Morgan fingerprint density at radius 2 is 1.79 bits per heavy atom. The largest absolute Gasteiger partial charge is 0.439 e. The number of aliphatic hydroxyl groups is 1. The van der Waals surface area contributed by atoms with Crippen molar-refractivity contribution in [1.82, 2.24) is 19.7 Å². The molecule has 8 nitrogen and oxygen atoms in total. The van der Waals surface area contributed by atoms with E-state index in [1.54, 1.807) is 26.2 Å². The molecule has 180 valence electrons. The van der Waals surface area contributed by atoms with Crippen molar-refractivity contribution >= 4 is 11.5 Å². The first-order valence-corrected chi connectivity index (χ1v) is 12.1. The average Bonchev–Trinajstić information content (AvgIpc) is 3.53. The van der Waals surface area contributed by atoms with Crippen LogP contribution in [0.3, 0.4) is 0 Å². The van der Waals surface area contributed by atoms with Gasteiger partial charge in [-0.05, 0) is 71.6 Å². The number of hydrogen-bond donors (Lipinski definition) is 2. The van der Waals surface area contributed by atoms with Gasteiger partial charge in [-0.2, -0.15) is 5.10 Å². The molecule has 1 saturated heterocycles. The lowest BCUT2D eigenvalue weighted by Crippen LogP contribution is -2.31. The highest BCUT2D eigenvalue weighted by Gasteiger charge is 2.32. The highest BCUT2D eigenvalue weighted by molar-refractivity contribution is 5.57. The van der Waals surface area contributed by atoms with E-state index in [9.17, 15) is 5.11 Å². The van der Waals surface area contributed by atoms with Crippen LogP contribution in [0.15, 0.2) is 42.7 Å². The van der Waals surface area contributed by atoms with Gasteiger partial charge in [0.2, 0.25) is 5.88 Å². The predicted octanol–water partition coefficient (Wildman–Crippen LogP) is 5.44. The number of ether oxygens (including phenoxy) is 2. The van der Waals surface area contributed by atoms with Crippen LogP contribution in [0.2, 0.25) is 0 Å². The van der Waals surface area contributed by atoms with Gasteiger partial charge in [-0.1, -0.05) is 0 Å². The zero-order valence-electron chi connectivity index (χ0n) is 20.2. The summed E-state index contributed by atoms with van der Waals surface area (Å²) in [5.41, 5.74) is 1.47. The lowest BCUT2D eigenvalue weighted by molar-refractivity contribution is -0.0514. The maximum Gasteiger partial charge on any atom is 0.218 e. The smallest absolute Gasteiger partial charge is 0.218 e. The van der Waals surface area contributed by atoms with Crippen LogP contribution in [0.1, 0.15) is 76.7 Å². The Balaban J connectivity index is 1.37. The van der Waals surface area contributed by atoms with Gasteiger partial charge in [0, 0.05) is 36.1 Å². The second-order valence-electron chi connectivity index (χ2n) is 10.1. The normalized spacial score (nSPS) is 23.0. The van der Waals surface area contributed by atoms with Crippen LogP contribution in [0.5, 0.6) is 11.6 Å². The molecular weight excluding hydrogens is 430 g/mol. The van der Waals surface area contributed by atoms with Gasteiger partial charge in [0.1, 0.15) is 17.2 Å². The van der Waals surface area contributed by atoms with Crippen molar-refractivity contribution in [2.45, 2.75) is 83.1 Å². The van der Waals surface area contributed by atoms with E-state index in [2.05, 4.69) is 39.9 Å². The highest BCUT2D eigenvalue weighted by Crippen LogP contribution is 2.43. The molecule has 1 saturated carbocycles. The van der Waals surface area contributed by atoms with Crippen LogP contribution >= 0.6 is 0 Å². The molecule has 2 fully saturated rings. The van der Waals surface area contributed by atoms with Crippen molar-refractivity contribution in [3.8, 4) is 11.6 Å². The molecule has 2 N–H and O–H groups in total. The molecule has 2 aliphatic rings. The Morgan fingerprint density at radius 1 is 1.06 bits per heavy atom. The minimum absolute atomic E-state index is 0.195. The monoisotopic (exact) mass is 463 g/mol. The third-order valence-corrected chi connectivity index (χ3v) is 6.35. The number of anilines is 2. The quantitative estimate of drug-likeness (QED) is 0.482. The third kappa shape index (κ3) is 5.23. The van der Waals surface area contributed by atoms with Crippen molar-refractivity contribution in [3.05, 3.63) is 54.1 Å². The van der Waals surface area contributed by atoms with E-state index < -0.39 is 5.60 Å². The fourth-order valence-corrected chi connectivity index (χ4v) is 4.54. The molecule has 8 heteroatoms. The molecule has 0 bridgehead atoms. The summed E-state index contributed by atoms with van der Waals surface area (Å²) in [6.07, 6.45) is 8.00. The Labute approximate surface area is 200 Å². The van der Waals surface area contributed by atoms with Crippen molar-refractivity contribution in [1.29, 1.82) is 0 Å². The van der Waals surface area contributed by atoms with E-state index in [1.165, 1.54) is 12.8 Å². The van der Waals surface area contributed by atoms with Crippen molar-refractivity contribution in [2.24, 2.45) is 0 Å². The Hall–Kier alpha value is -2.97. The first kappa shape index (κ1) is 22.8. The number of nitrogens with zero attached hydrogens (tertiary/aromatic N) is 4. The van der Waals surface area contributed by atoms with Crippen molar-refractivity contribution < 1.29 is 14.6 Å². The van der Waals surface area contributed by atoms with Gasteiger partial charge in [0.15, 0.2) is 0 Å². The van der Waals surface area contributed by atoms with Gasteiger partial charge in [-0.15, -0.1) is 0 Å². The zero-order chi connectivity index (χ0) is 23.9. The van der Waals surface area contributed by atoms with Gasteiger partial charge in [-0.25, -0.2) is 9.67 Å². The summed E-state index contributed by atoms with van der Waals surface area (Å²) in [6.45, 7) is 7.67. The molecule has 0 spiro atoms. The number of pyridine rings is 2. The SMILES string of the molecule is C[C@@H]1CC(n2nc(C3CC3)cc2Oc2ccnc(Nc3ccnc(C(C)(C)O)c3)c2)C[C@H](C)O1. The Kier molecular flexibility index (Phi) is 6.04. The topological polar surface area (TPSA) is 94.3 Å². The number of aromatic nitrogens is 4. The summed E-state index contributed by atoms with van der Waals surface area (Å²) in [6, 6.07) is 9.72. The third-order valence-electron chi connectivity index (χ3n) is 6.35. The molecule has 34 heavy (non-hydrogen) atoms. The molecule has 1 aliphatic heterocycles. The minimum Gasteiger partial charge on any atom is -0.439 e. The summed E-state index contributed by atoms with van der Waals surface area (Å²) in [5.74, 6) is 2.64. The first-order chi connectivity index (χ1) is 16.2. The summed E-state index contributed by atoms with van der Waals surface area (Å²) >= 11 is 0. The molecule has 3 aromatic heterocycles. The fraction of sp³-hybridized carbons (Fsp3) is 0.500. The van der Waals surface area contributed by atoms with Gasteiger partial charge >= 0.3 is 0 Å². The summed E-state index contributed by atoms with van der Waals surface area (Å²) in [5, 5.41) is 18.5. The number of nitrogens with one attached hydrogen (secondary N) is 1. The van der Waals surface area contributed by atoms with E-state index in [-0.39, 0.29) is 18.2 Å². The maximum atomic E-state index is 10.3. The fourth-order valence-electron chi connectivity index (χ4n) is 4.54. The minimum atomic E-state index is -1.02. The molecule has 4 heterocycles. The second-order valence-corrected chi connectivity index (χ2v) is 10.1. The Morgan fingerprint density at radius 3 is 2.50 bits per heavy atom. The van der Waals surface area contributed by atoms with Crippen LogP contribution < -0.4 is 10.1 Å². The number of rotatable bonds is 7. The standard InChI is InChI=1S/C26H33N5O3/c1-16-11-20(12-17(2)33-16)31-25(15-22(30-31)18-5-6-18)34-21-8-10-28-24(14-21)29-19-7-9-27-23(13-19)26(3,4)32/h7-10,13-18,20,32H,5-6,11-12H2,1-4H3,(H,27,28,29)/t16-,17+,20?. The van der Waals surface area contributed by atoms with E-state index in [4.69, 9.17) is 14.6 Å². The highest BCUT2D eigenvalue weighted by atomic mass is 16.5. The molecule has 1 unspecified atom stereocenters. The van der Waals surface area contributed by atoms with Gasteiger partial charge < -0.3 is 19.9 Å². The molecule has 0 aromatic carbocycles. The molecule has 3 atom stereocenters. The summed E-state index contributed by atoms with van der Waals surface area (Å²) in [7, 11) is 0. The maximum absolute atomic E-state index is 10.3. The molecule has 1 aliphatic carbocycles. The Bertz CT molecular complexity index is 1140. The molecule has 3 aromatic rings. The van der Waals surface area contributed by atoms with Crippen LogP contribution in [-0.4, -0.2) is 37.1 Å². The van der Waals surface area contributed by atoms with E-state index in [0.29, 0.717) is 23.2 Å². The predicted molar refractivity (Wildman–Crippen MR) is 130 cm³/mol. The average molecular weight is 464 g/mol. The second kappa shape index (κ2) is 9.00. The van der Waals surface area contributed by atoms with Crippen LogP contribution in [0, 0.1) is 0 Å². The van der Waals surface area contributed by atoms with E-state index in [1.807, 2.05) is 24.3 Å². The zero-order valence-corrected chi connectivity index (χ0v) is 20.2. The van der Waals surface area contributed by atoms with E-state index in [0.717, 1.165) is 30.1 Å². The lowest BCUT2D eigenvalue weighted by atomic mass is 10.0. The van der Waals surface area contributed by atoms with Gasteiger partial charge in [-0.3, -0.25) is 4.98 Å². The van der Waals surface area contributed by atoms with Crippen molar-refractivity contribution in [3.63, 3.8) is 0 Å². The van der Waals surface area contributed by atoms with Crippen LogP contribution in [0.4, 0.5) is 11.5 Å². The van der Waals surface area contributed by atoms with Crippen LogP contribution in [0.25, 0.3) is 0 Å². The molecule has 5 rings (SSSR count). The molecule has 0 amide bonds. The number of hydrogen-bond acceptors (Lipinski definition) is 7. The van der Waals surface area contributed by atoms with Gasteiger partial charge in [0.25, 0.3) is 0 Å². The molecular formula is C26H33N5O3. The lowest BCUT2D eigenvalue weighted by Gasteiger charge is -2.32. The van der Waals surface area contributed by atoms with Crippen LogP contribution in [-0.2, 0) is 10.3 Å². The van der Waals surface area contributed by atoms with E-state index >= 15 is 0 Å². The summed E-state index contributed by atoms with van der Waals surface area (Å²) < 4.78 is 14.4. The van der Waals surface area contributed by atoms with Gasteiger partial charge in [0.05, 0.1) is 29.6 Å². The summed E-state index contributed by atoms with van der Waals surface area (Å²) in [4.78, 5) is 8.69.